The van der Waals surface area contributed by atoms with E-state index in [2.05, 4.69) is 35.2 Å². The van der Waals surface area contributed by atoms with Crippen molar-refractivity contribution >= 4 is 28.2 Å². The van der Waals surface area contributed by atoms with Crippen LogP contribution in [0.5, 0.6) is 0 Å². The van der Waals surface area contributed by atoms with Crippen LogP contribution in [0.25, 0.3) is 11.9 Å². The van der Waals surface area contributed by atoms with Gasteiger partial charge in [-0.1, -0.05) is 19.1 Å². The number of fused-ring (bicyclic) bond motifs is 2. The number of likely N-dealkylation sites (N-methyl/N-ethyl adjacent to an activating group) is 1. The Morgan fingerprint density at radius 1 is 1.19 bits per heavy atom. The summed E-state index contributed by atoms with van der Waals surface area (Å²) in [6, 6.07) is 11.4. The standard InChI is InChI=1S/C25H28FN5S/c1-3-21-29-23-24(22-18(5-4-12-27-22)15-28-25(23)32-21)31-14-13-30(2)20(16-31)11-8-17-6-9-19(26)10-7-17/h4-7,9-10,12,15,20,28H,3,8,11,13-14,16H2,1-2H3. The molecule has 1 aromatic carbocycles. The molecule has 5 rings (SSSR count). The van der Waals surface area contributed by atoms with Crippen LogP contribution in [-0.2, 0) is 12.8 Å². The Labute approximate surface area is 191 Å². The van der Waals surface area contributed by atoms with Crippen molar-refractivity contribution in [3.05, 3.63) is 75.2 Å². The predicted octanol–water partition coefficient (Wildman–Crippen LogP) is 2.81. The lowest BCUT2D eigenvalue weighted by atomic mass is 10.0. The number of halogens is 1. The monoisotopic (exact) mass is 449 g/mol. The van der Waals surface area contributed by atoms with Crippen LogP contribution in [0.3, 0.4) is 0 Å². The molecule has 0 amide bonds. The Morgan fingerprint density at radius 2 is 2.03 bits per heavy atom. The van der Waals surface area contributed by atoms with E-state index in [1.165, 1.54) is 5.56 Å². The minimum Gasteiger partial charge on any atom is -0.365 e. The summed E-state index contributed by atoms with van der Waals surface area (Å²) in [6.45, 7) is 4.99. The van der Waals surface area contributed by atoms with E-state index in [4.69, 9.17) is 9.97 Å². The Kier molecular flexibility index (Phi) is 5.93. The summed E-state index contributed by atoms with van der Waals surface area (Å²) >= 11 is 1.73. The highest BCUT2D eigenvalue weighted by atomic mass is 32.1. The number of nitrogens with one attached hydrogen (secondary N) is 1. The van der Waals surface area contributed by atoms with Crippen LogP contribution in [-0.4, -0.2) is 52.5 Å². The molecule has 1 N–H and O–H groups in total. The van der Waals surface area contributed by atoms with E-state index in [-0.39, 0.29) is 5.82 Å². The Morgan fingerprint density at radius 3 is 2.84 bits per heavy atom. The normalized spacial score (nSPS) is 18.4. The lowest BCUT2D eigenvalue weighted by Crippen LogP contribution is -2.52. The fourth-order valence-electron chi connectivity index (χ4n) is 4.51. The number of benzene rings is 1. The average molecular weight is 450 g/mol. The van der Waals surface area contributed by atoms with Crippen LogP contribution in [0.4, 0.5) is 9.39 Å². The molecule has 0 aliphatic carbocycles. The van der Waals surface area contributed by atoms with E-state index in [0.717, 1.165) is 70.9 Å². The van der Waals surface area contributed by atoms with Crippen molar-refractivity contribution < 1.29 is 4.39 Å². The summed E-state index contributed by atoms with van der Waals surface area (Å²) in [5, 5.41) is 7.79. The molecule has 0 bridgehead atoms. The molecule has 0 radical (unpaired) electrons. The van der Waals surface area contributed by atoms with Gasteiger partial charge >= 0.3 is 0 Å². The van der Waals surface area contributed by atoms with Gasteiger partial charge in [0.2, 0.25) is 0 Å². The molecule has 166 valence electrons. The van der Waals surface area contributed by atoms with Crippen molar-refractivity contribution in [1.29, 1.82) is 0 Å². The molecule has 3 aromatic rings. The van der Waals surface area contributed by atoms with Gasteiger partial charge in [-0.05, 0) is 56.1 Å². The summed E-state index contributed by atoms with van der Waals surface area (Å²) in [7, 11) is 2.20. The van der Waals surface area contributed by atoms with E-state index < -0.39 is 0 Å². The van der Waals surface area contributed by atoms with Crippen LogP contribution in [0.1, 0.15) is 29.6 Å². The molecule has 1 fully saturated rings. The SMILES string of the molecule is CCc1nc2c(s1)NC=c1cccnc1=C2N1CCN(C)C(CCc2ccc(F)cc2)C1. The number of aryl methyl sites for hydroxylation is 2. The van der Waals surface area contributed by atoms with Crippen LogP contribution in [0.2, 0.25) is 0 Å². The van der Waals surface area contributed by atoms with Crippen molar-refractivity contribution in [2.75, 3.05) is 32.0 Å². The minimum absolute atomic E-state index is 0.179. The number of aromatic nitrogens is 2. The van der Waals surface area contributed by atoms with Gasteiger partial charge in [-0.25, -0.2) is 9.37 Å². The second kappa shape index (κ2) is 9.00. The third kappa shape index (κ3) is 4.14. The first-order valence-electron chi connectivity index (χ1n) is 11.2. The lowest BCUT2D eigenvalue weighted by Gasteiger charge is -2.41. The first kappa shape index (κ1) is 21.1. The van der Waals surface area contributed by atoms with Crippen LogP contribution >= 0.6 is 11.3 Å². The molecule has 1 atom stereocenters. The molecule has 1 saturated heterocycles. The molecule has 7 heteroatoms. The van der Waals surface area contributed by atoms with E-state index in [1.807, 2.05) is 30.6 Å². The number of pyridine rings is 1. The van der Waals surface area contributed by atoms with E-state index in [1.54, 1.807) is 23.5 Å². The summed E-state index contributed by atoms with van der Waals surface area (Å²) < 4.78 is 13.3. The quantitative estimate of drug-likeness (QED) is 0.649. The predicted molar refractivity (Wildman–Crippen MR) is 128 cm³/mol. The fraction of sp³-hybridized carbons (Fsp3) is 0.360. The molecular formula is C25H28FN5S. The van der Waals surface area contributed by atoms with Gasteiger partial charge in [0.05, 0.1) is 16.1 Å². The first-order chi connectivity index (χ1) is 15.6. The van der Waals surface area contributed by atoms with E-state index in [0.29, 0.717) is 6.04 Å². The van der Waals surface area contributed by atoms with E-state index >= 15 is 0 Å². The summed E-state index contributed by atoms with van der Waals surface area (Å²) in [5.74, 6) is -0.179. The molecular weight excluding hydrogens is 421 g/mol. The summed E-state index contributed by atoms with van der Waals surface area (Å²) in [4.78, 5) is 14.7. The molecule has 2 aliphatic heterocycles. The Hall–Kier alpha value is -2.77. The number of hydrogen-bond acceptors (Lipinski definition) is 6. The zero-order chi connectivity index (χ0) is 22.1. The second-order valence-electron chi connectivity index (χ2n) is 8.46. The number of hydrogen-bond donors (Lipinski definition) is 1. The molecule has 0 spiro atoms. The third-order valence-corrected chi connectivity index (χ3v) is 7.52. The molecule has 2 aromatic heterocycles. The lowest BCUT2D eigenvalue weighted by molar-refractivity contribution is 0.127. The minimum atomic E-state index is -0.179. The highest BCUT2D eigenvalue weighted by Crippen LogP contribution is 2.32. The molecule has 2 aliphatic rings. The summed E-state index contributed by atoms with van der Waals surface area (Å²) in [5.41, 5.74) is 3.33. The number of nitrogens with zero attached hydrogens (tertiary/aromatic N) is 4. The van der Waals surface area contributed by atoms with Crippen molar-refractivity contribution in [1.82, 2.24) is 19.8 Å². The van der Waals surface area contributed by atoms with Gasteiger partial charge in [0.25, 0.3) is 0 Å². The number of anilines is 1. The Balaban J connectivity index is 1.47. The highest BCUT2D eigenvalue weighted by Gasteiger charge is 2.29. The molecule has 32 heavy (non-hydrogen) atoms. The molecule has 4 heterocycles. The molecule has 0 saturated carbocycles. The Bertz CT molecular complexity index is 1220. The summed E-state index contributed by atoms with van der Waals surface area (Å²) in [6.07, 6.45) is 6.80. The maximum absolute atomic E-state index is 13.3. The maximum atomic E-state index is 13.3. The van der Waals surface area contributed by atoms with Gasteiger partial charge in [-0.15, -0.1) is 11.3 Å². The van der Waals surface area contributed by atoms with Gasteiger partial charge in [0.1, 0.15) is 16.5 Å². The highest BCUT2D eigenvalue weighted by molar-refractivity contribution is 7.16. The zero-order valence-corrected chi connectivity index (χ0v) is 19.3. The fourth-order valence-corrected chi connectivity index (χ4v) is 5.38. The topological polar surface area (TPSA) is 44.3 Å². The molecule has 1 unspecified atom stereocenters. The number of piperazine rings is 1. The average Bonchev–Trinajstić information content (AvgIpc) is 3.16. The third-order valence-electron chi connectivity index (χ3n) is 6.39. The van der Waals surface area contributed by atoms with Gasteiger partial charge in [-0.3, -0.25) is 9.88 Å². The number of rotatable bonds is 5. The van der Waals surface area contributed by atoms with Crippen LogP contribution < -0.4 is 15.9 Å². The van der Waals surface area contributed by atoms with Gasteiger partial charge < -0.3 is 10.2 Å². The van der Waals surface area contributed by atoms with Gasteiger partial charge in [-0.2, -0.15) is 0 Å². The van der Waals surface area contributed by atoms with Crippen LogP contribution in [0.15, 0.2) is 42.6 Å². The zero-order valence-electron chi connectivity index (χ0n) is 18.5. The smallest absolute Gasteiger partial charge is 0.124 e. The van der Waals surface area contributed by atoms with Crippen molar-refractivity contribution in [3.8, 4) is 0 Å². The number of thiazole rings is 1. The van der Waals surface area contributed by atoms with Crippen LogP contribution in [0, 0.1) is 5.82 Å². The van der Waals surface area contributed by atoms with Crippen molar-refractivity contribution in [3.63, 3.8) is 0 Å². The van der Waals surface area contributed by atoms with Crippen molar-refractivity contribution in [2.24, 2.45) is 0 Å². The molecule has 5 nitrogen and oxygen atoms in total. The first-order valence-corrected chi connectivity index (χ1v) is 12.1. The van der Waals surface area contributed by atoms with Crippen molar-refractivity contribution in [2.45, 2.75) is 32.2 Å². The maximum Gasteiger partial charge on any atom is 0.124 e. The second-order valence-corrected chi connectivity index (χ2v) is 9.55. The van der Waals surface area contributed by atoms with E-state index in [9.17, 15) is 4.39 Å². The largest absolute Gasteiger partial charge is 0.365 e. The van der Waals surface area contributed by atoms with Gasteiger partial charge in [0, 0.05) is 43.3 Å². The van der Waals surface area contributed by atoms with Gasteiger partial charge in [0.15, 0.2) is 0 Å².